The molecule has 1 aliphatic carbocycles. The van der Waals surface area contributed by atoms with E-state index in [1.807, 2.05) is 11.3 Å². The highest BCUT2D eigenvalue weighted by Gasteiger charge is 2.20. The van der Waals surface area contributed by atoms with Gasteiger partial charge in [-0.15, -0.1) is 11.3 Å². The summed E-state index contributed by atoms with van der Waals surface area (Å²) in [6, 6.07) is 12.9. The summed E-state index contributed by atoms with van der Waals surface area (Å²) in [7, 11) is 0. The average molecular weight is 211 g/mol. The fraction of sp³-hybridized carbons (Fsp3) is 0.0714. The summed E-state index contributed by atoms with van der Waals surface area (Å²) in [5.74, 6) is 0. The second-order valence-electron chi connectivity index (χ2n) is 3.77. The predicted octanol–water partition coefficient (Wildman–Crippen LogP) is 4.14. The second-order valence-corrected chi connectivity index (χ2v) is 4.71. The highest BCUT2D eigenvalue weighted by molar-refractivity contribution is 7.11. The van der Waals surface area contributed by atoms with Crippen LogP contribution >= 0.6 is 11.3 Å². The lowest BCUT2D eigenvalue weighted by atomic mass is 10.0. The molecule has 0 atom stereocenters. The van der Waals surface area contributed by atoms with Gasteiger partial charge in [-0.05, 0) is 35.1 Å². The van der Waals surface area contributed by atoms with Crippen molar-refractivity contribution < 1.29 is 0 Å². The topological polar surface area (TPSA) is 0 Å². The van der Waals surface area contributed by atoms with Crippen molar-refractivity contribution in [3.63, 3.8) is 0 Å². The van der Waals surface area contributed by atoms with Gasteiger partial charge in [-0.1, -0.05) is 35.9 Å². The van der Waals surface area contributed by atoms with Crippen LogP contribution in [0, 0.1) is 6.42 Å². The minimum absolute atomic E-state index is 1.35. The Balaban J connectivity index is 2.20. The van der Waals surface area contributed by atoms with Gasteiger partial charge in [0.1, 0.15) is 0 Å². The molecule has 0 saturated heterocycles. The van der Waals surface area contributed by atoms with Crippen molar-refractivity contribution in [3.8, 4) is 0 Å². The number of hydrogen-bond acceptors (Lipinski definition) is 1. The third-order valence-electron chi connectivity index (χ3n) is 2.76. The van der Waals surface area contributed by atoms with Gasteiger partial charge in [-0.25, -0.2) is 0 Å². The Bertz CT molecular complexity index is 518. The molecule has 2 aromatic rings. The van der Waals surface area contributed by atoms with E-state index in [0.29, 0.717) is 0 Å². The summed E-state index contributed by atoms with van der Waals surface area (Å²) >= 11 is 1.81. The lowest BCUT2D eigenvalue weighted by molar-refractivity contribution is 1.45. The maximum atomic E-state index is 2.27. The molecule has 0 spiro atoms. The number of thiophene rings is 1. The van der Waals surface area contributed by atoms with Crippen molar-refractivity contribution in [3.05, 3.63) is 69.8 Å². The molecular weight excluding hydrogens is 200 g/mol. The molecule has 0 bridgehead atoms. The Morgan fingerprint density at radius 1 is 1.00 bits per heavy atom. The number of benzene rings is 1. The number of hydrogen-bond donors (Lipinski definition) is 0. The van der Waals surface area contributed by atoms with Crippen LogP contribution in [0.15, 0.2) is 47.4 Å². The molecule has 3 rings (SSSR count). The van der Waals surface area contributed by atoms with Crippen LogP contribution in [-0.4, -0.2) is 0 Å². The molecular formula is C14H11S. The molecule has 73 valence electrons. The van der Waals surface area contributed by atoms with Crippen LogP contribution in [0.25, 0.3) is 5.57 Å². The average Bonchev–Trinajstić information content (AvgIpc) is 2.82. The van der Waals surface area contributed by atoms with Gasteiger partial charge in [-0.2, -0.15) is 0 Å². The van der Waals surface area contributed by atoms with E-state index in [-0.39, 0.29) is 0 Å². The summed E-state index contributed by atoms with van der Waals surface area (Å²) in [5.41, 5.74) is 5.50. The van der Waals surface area contributed by atoms with Crippen molar-refractivity contribution in [1.29, 1.82) is 0 Å². The first-order valence-corrected chi connectivity index (χ1v) is 5.93. The second kappa shape index (κ2) is 3.35. The third-order valence-corrected chi connectivity index (χ3v) is 3.65. The Hall–Kier alpha value is -1.34. The summed E-state index contributed by atoms with van der Waals surface area (Å²) < 4.78 is 0. The maximum absolute atomic E-state index is 2.27. The standard InChI is InChI=1S/C14H11S/c1-10-9-11-5-2-3-6-12(11)14(10)13-7-4-8-15-13/h2-9H,1H3. The molecule has 0 nitrogen and oxygen atoms in total. The van der Waals surface area contributed by atoms with E-state index in [1.54, 1.807) is 0 Å². The largest absolute Gasteiger partial charge is 0.144 e. The molecule has 15 heavy (non-hydrogen) atoms. The molecule has 0 saturated carbocycles. The SMILES string of the molecule is CC1=C(c2cccs2)c2ccccc2[CH]1. The molecule has 1 aromatic carbocycles. The number of fused-ring (bicyclic) bond motifs is 1. The highest BCUT2D eigenvalue weighted by Crippen LogP contribution is 2.39. The first kappa shape index (κ1) is 8.93. The van der Waals surface area contributed by atoms with E-state index in [0.717, 1.165) is 0 Å². The molecule has 1 aliphatic rings. The van der Waals surface area contributed by atoms with E-state index in [2.05, 4.69) is 55.1 Å². The molecule has 0 unspecified atom stereocenters. The van der Waals surface area contributed by atoms with Gasteiger partial charge in [0.15, 0.2) is 0 Å². The van der Waals surface area contributed by atoms with Gasteiger partial charge in [-0.3, -0.25) is 0 Å². The zero-order chi connectivity index (χ0) is 10.3. The predicted molar refractivity (Wildman–Crippen MR) is 65.9 cm³/mol. The van der Waals surface area contributed by atoms with E-state index < -0.39 is 0 Å². The van der Waals surface area contributed by atoms with Gasteiger partial charge in [0, 0.05) is 11.3 Å². The van der Waals surface area contributed by atoms with Gasteiger partial charge in [0.2, 0.25) is 0 Å². The van der Waals surface area contributed by atoms with Crippen LogP contribution in [0.1, 0.15) is 22.9 Å². The molecule has 1 aromatic heterocycles. The quantitative estimate of drug-likeness (QED) is 0.665. The van der Waals surface area contributed by atoms with E-state index in [4.69, 9.17) is 0 Å². The smallest absolute Gasteiger partial charge is 0.0348 e. The van der Waals surface area contributed by atoms with Gasteiger partial charge in [0.25, 0.3) is 0 Å². The molecule has 1 heteroatoms. The Labute approximate surface area is 93.9 Å². The molecule has 0 fully saturated rings. The third kappa shape index (κ3) is 1.35. The van der Waals surface area contributed by atoms with Crippen LogP contribution in [-0.2, 0) is 0 Å². The number of rotatable bonds is 1. The van der Waals surface area contributed by atoms with Crippen molar-refractivity contribution in [2.75, 3.05) is 0 Å². The first-order chi connectivity index (χ1) is 7.36. The van der Waals surface area contributed by atoms with Crippen LogP contribution in [0.2, 0.25) is 0 Å². The first-order valence-electron chi connectivity index (χ1n) is 5.05. The molecule has 0 aliphatic heterocycles. The lowest BCUT2D eigenvalue weighted by Gasteiger charge is -2.03. The Kier molecular flexibility index (Phi) is 2.00. The van der Waals surface area contributed by atoms with E-state index in [9.17, 15) is 0 Å². The molecule has 0 N–H and O–H groups in total. The highest BCUT2D eigenvalue weighted by atomic mass is 32.1. The minimum Gasteiger partial charge on any atom is -0.144 e. The normalized spacial score (nSPS) is 14.5. The van der Waals surface area contributed by atoms with Crippen LogP contribution in [0.3, 0.4) is 0 Å². The zero-order valence-corrected chi connectivity index (χ0v) is 9.34. The van der Waals surface area contributed by atoms with Crippen molar-refractivity contribution >= 4 is 16.9 Å². The minimum atomic E-state index is 1.35. The molecule has 1 heterocycles. The van der Waals surface area contributed by atoms with E-state index >= 15 is 0 Å². The summed E-state index contributed by atoms with van der Waals surface area (Å²) in [6.07, 6.45) is 2.27. The van der Waals surface area contributed by atoms with E-state index in [1.165, 1.54) is 27.2 Å². The van der Waals surface area contributed by atoms with Gasteiger partial charge < -0.3 is 0 Å². The van der Waals surface area contributed by atoms with Crippen LogP contribution in [0.4, 0.5) is 0 Å². The summed E-state index contributed by atoms with van der Waals surface area (Å²) in [5, 5.41) is 2.14. The van der Waals surface area contributed by atoms with Crippen molar-refractivity contribution in [1.82, 2.24) is 0 Å². The van der Waals surface area contributed by atoms with Crippen LogP contribution < -0.4 is 0 Å². The molecule has 0 amide bonds. The van der Waals surface area contributed by atoms with Crippen molar-refractivity contribution in [2.24, 2.45) is 0 Å². The number of allylic oxidation sites excluding steroid dienone is 1. The fourth-order valence-corrected chi connectivity index (χ4v) is 2.97. The van der Waals surface area contributed by atoms with Gasteiger partial charge in [0.05, 0.1) is 0 Å². The summed E-state index contributed by atoms with van der Waals surface area (Å²) in [4.78, 5) is 1.37. The summed E-state index contributed by atoms with van der Waals surface area (Å²) in [6.45, 7) is 2.19. The Morgan fingerprint density at radius 3 is 2.67 bits per heavy atom. The Morgan fingerprint density at radius 2 is 1.87 bits per heavy atom. The monoisotopic (exact) mass is 211 g/mol. The zero-order valence-electron chi connectivity index (χ0n) is 8.53. The molecule has 1 radical (unpaired) electrons. The van der Waals surface area contributed by atoms with Crippen LogP contribution in [0.5, 0.6) is 0 Å². The maximum Gasteiger partial charge on any atom is 0.0348 e. The lowest BCUT2D eigenvalue weighted by Crippen LogP contribution is -1.82. The van der Waals surface area contributed by atoms with Crippen molar-refractivity contribution in [2.45, 2.75) is 6.92 Å². The van der Waals surface area contributed by atoms with Gasteiger partial charge >= 0.3 is 0 Å². The fourth-order valence-electron chi connectivity index (χ4n) is 2.12.